The van der Waals surface area contributed by atoms with Crippen molar-refractivity contribution in [3.05, 3.63) is 66.0 Å². The molecule has 0 bridgehead atoms. The molecule has 92 valence electrons. The fraction of sp³-hybridized carbons (Fsp3) is 0. The molecule has 2 aromatic heterocycles. The molecule has 0 radical (unpaired) electrons. The molecular formula is C16H13N3. The third-order valence-electron chi connectivity index (χ3n) is 2.91. The van der Waals surface area contributed by atoms with E-state index < -0.39 is 0 Å². The zero-order valence-electron chi connectivity index (χ0n) is 10.3. The first-order valence-electron chi connectivity index (χ1n) is 6.07. The number of pyridine rings is 2. The second kappa shape index (κ2) is 4.90. The first-order valence-corrected chi connectivity index (χ1v) is 6.07. The summed E-state index contributed by atoms with van der Waals surface area (Å²) in [5.74, 6) is 0.540. The summed E-state index contributed by atoms with van der Waals surface area (Å²) in [6, 6.07) is 15.7. The molecule has 2 N–H and O–H groups in total. The number of nitrogens with two attached hydrogens (primary N) is 1. The SMILES string of the molecule is Nc1ccc2c(/C=C/c3ccccn3)cccc2n1. The fourth-order valence-corrected chi connectivity index (χ4v) is 1.99. The average Bonchev–Trinajstić information content (AvgIpc) is 2.45. The van der Waals surface area contributed by atoms with Gasteiger partial charge in [-0.1, -0.05) is 24.3 Å². The number of nitrogen functional groups attached to an aromatic ring is 1. The van der Waals surface area contributed by atoms with Crippen LogP contribution in [0.2, 0.25) is 0 Å². The minimum absolute atomic E-state index is 0.540. The number of hydrogen-bond acceptors (Lipinski definition) is 3. The van der Waals surface area contributed by atoms with Gasteiger partial charge in [0.15, 0.2) is 0 Å². The Labute approximate surface area is 111 Å². The van der Waals surface area contributed by atoms with Gasteiger partial charge in [-0.15, -0.1) is 0 Å². The molecule has 19 heavy (non-hydrogen) atoms. The van der Waals surface area contributed by atoms with Gasteiger partial charge in [0.1, 0.15) is 5.82 Å². The van der Waals surface area contributed by atoms with Crippen LogP contribution in [0.3, 0.4) is 0 Å². The minimum atomic E-state index is 0.540. The summed E-state index contributed by atoms with van der Waals surface area (Å²) in [4.78, 5) is 8.59. The average molecular weight is 247 g/mol. The van der Waals surface area contributed by atoms with Crippen LogP contribution in [0.5, 0.6) is 0 Å². The Balaban J connectivity index is 2.04. The van der Waals surface area contributed by atoms with Crippen LogP contribution < -0.4 is 5.73 Å². The van der Waals surface area contributed by atoms with E-state index in [1.165, 1.54) is 0 Å². The van der Waals surface area contributed by atoms with Gasteiger partial charge in [0.2, 0.25) is 0 Å². The molecule has 1 aromatic carbocycles. The molecule has 0 saturated heterocycles. The first-order chi connectivity index (χ1) is 9.33. The van der Waals surface area contributed by atoms with Crippen LogP contribution in [0.25, 0.3) is 23.1 Å². The van der Waals surface area contributed by atoms with E-state index >= 15 is 0 Å². The number of benzene rings is 1. The number of nitrogens with zero attached hydrogens (tertiary/aromatic N) is 2. The molecular weight excluding hydrogens is 234 g/mol. The van der Waals surface area contributed by atoms with Gasteiger partial charge in [-0.3, -0.25) is 4.98 Å². The van der Waals surface area contributed by atoms with Crippen molar-refractivity contribution in [2.24, 2.45) is 0 Å². The van der Waals surface area contributed by atoms with E-state index in [0.717, 1.165) is 22.2 Å². The lowest BCUT2D eigenvalue weighted by molar-refractivity contribution is 1.30. The Kier molecular flexibility index (Phi) is 2.94. The van der Waals surface area contributed by atoms with Crippen molar-refractivity contribution in [2.45, 2.75) is 0 Å². The second-order valence-corrected chi connectivity index (χ2v) is 4.24. The summed E-state index contributed by atoms with van der Waals surface area (Å²) in [5.41, 5.74) is 8.65. The van der Waals surface area contributed by atoms with Crippen molar-refractivity contribution < 1.29 is 0 Å². The Morgan fingerprint density at radius 2 is 1.84 bits per heavy atom. The predicted octanol–water partition coefficient (Wildman–Crippen LogP) is 3.38. The van der Waals surface area contributed by atoms with Gasteiger partial charge < -0.3 is 5.73 Å². The molecule has 0 aliphatic carbocycles. The topological polar surface area (TPSA) is 51.8 Å². The van der Waals surface area contributed by atoms with Gasteiger partial charge >= 0.3 is 0 Å². The highest BCUT2D eigenvalue weighted by Crippen LogP contribution is 2.20. The summed E-state index contributed by atoms with van der Waals surface area (Å²) < 4.78 is 0. The van der Waals surface area contributed by atoms with Crippen molar-refractivity contribution in [1.29, 1.82) is 0 Å². The molecule has 3 heteroatoms. The van der Waals surface area contributed by atoms with E-state index in [1.807, 2.05) is 54.6 Å². The quantitative estimate of drug-likeness (QED) is 0.755. The first kappa shape index (κ1) is 11.4. The van der Waals surface area contributed by atoms with Crippen LogP contribution in [0.4, 0.5) is 5.82 Å². The number of hydrogen-bond donors (Lipinski definition) is 1. The summed E-state index contributed by atoms with van der Waals surface area (Å²) in [6.07, 6.45) is 5.82. The normalized spacial score (nSPS) is 11.2. The van der Waals surface area contributed by atoms with Crippen molar-refractivity contribution in [2.75, 3.05) is 5.73 Å². The Hall–Kier alpha value is -2.68. The van der Waals surface area contributed by atoms with Crippen molar-refractivity contribution in [3.63, 3.8) is 0 Å². The van der Waals surface area contributed by atoms with Crippen molar-refractivity contribution in [1.82, 2.24) is 9.97 Å². The van der Waals surface area contributed by atoms with E-state index in [-0.39, 0.29) is 0 Å². The van der Waals surface area contributed by atoms with Crippen LogP contribution >= 0.6 is 0 Å². The van der Waals surface area contributed by atoms with Crippen LogP contribution in [0, 0.1) is 0 Å². The van der Waals surface area contributed by atoms with Gasteiger partial charge in [-0.2, -0.15) is 0 Å². The monoisotopic (exact) mass is 247 g/mol. The lowest BCUT2D eigenvalue weighted by atomic mass is 10.1. The fourth-order valence-electron chi connectivity index (χ4n) is 1.99. The van der Waals surface area contributed by atoms with Gasteiger partial charge in [0, 0.05) is 11.6 Å². The van der Waals surface area contributed by atoms with E-state index in [2.05, 4.69) is 16.0 Å². The molecule has 0 amide bonds. The molecule has 3 nitrogen and oxygen atoms in total. The maximum atomic E-state index is 5.70. The van der Waals surface area contributed by atoms with Crippen LogP contribution in [-0.4, -0.2) is 9.97 Å². The van der Waals surface area contributed by atoms with Crippen LogP contribution in [-0.2, 0) is 0 Å². The molecule has 3 aromatic rings. The van der Waals surface area contributed by atoms with E-state index in [1.54, 1.807) is 6.20 Å². The standard InChI is InChI=1S/C16H13N3/c17-16-10-9-14-12(4-3-6-15(14)19-16)7-8-13-5-1-2-11-18-13/h1-11H,(H2,17,19)/b8-7+. The zero-order chi connectivity index (χ0) is 13.1. The minimum Gasteiger partial charge on any atom is -0.384 e. The third-order valence-corrected chi connectivity index (χ3v) is 2.91. The smallest absolute Gasteiger partial charge is 0.124 e. The Morgan fingerprint density at radius 3 is 2.68 bits per heavy atom. The summed E-state index contributed by atoms with van der Waals surface area (Å²) in [6.45, 7) is 0. The highest BCUT2D eigenvalue weighted by Gasteiger charge is 1.99. The number of anilines is 1. The maximum Gasteiger partial charge on any atom is 0.124 e. The van der Waals surface area contributed by atoms with Crippen LogP contribution in [0.15, 0.2) is 54.7 Å². The number of fused-ring (bicyclic) bond motifs is 1. The summed E-state index contributed by atoms with van der Waals surface area (Å²) >= 11 is 0. The van der Waals surface area contributed by atoms with E-state index in [0.29, 0.717) is 5.82 Å². The summed E-state index contributed by atoms with van der Waals surface area (Å²) in [7, 11) is 0. The molecule has 0 spiro atoms. The van der Waals surface area contributed by atoms with Crippen LogP contribution in [0.1, 0.15) is 11.3 Å². The maximum absolute atomic E-state index is 5.70. The lowest BCUT2D eigenvalue weighted by Gasteiger charge is -2.02. The highest BCUT2D eigenvalue weighted by atomic mass is 14.8. The molecule has 0 fully saturated rings. The van der Waals surface area contributed by atoms with Gasteiger partial charge in [0.25, 0.3) is 0 Å². The second-order valence-electron chi connectivity index (χ2n) is 4.24. The zero-order valence-corrected chi connectivity index (χ0v) is 10.3. The Bertz CT molecular complexity index is 733. The number of aromatic nitrogens is 2. The molecule has 3 rings (SSSR count). The van der Waals surface area contributed by atoms with Gasteiger partial charge in [-0.25, -0.2) is 4.98 Å². The summed E-state index contributed by atoms with van der Waals surface area (Å²) in [5, 5.41) is 1.09. The molecule has 0 unspecified atom stereocenters. The molecule has 0 aliphatic heterocycles. The highest BCUT2D eigenvalue weighted by molar-refractivity contribution is 5.91. The number of rotatable bonds is 2. The van der Waals surface area contributed by atoms with E-state index in [4.69, 9.17) is 5.73 Å². The lowest BCUT2D eigenvalue weighted by Crippen LogP contribution is -1.90. The largest absolute Gasteiger partial charge is 0.384 e. The third kappa shape index (κ3) is 2.45. The molecule has 0 atom stereocenters. The van der Waals surface area contributed by atoms with E-state index in [9.17, 15) is 0 Å². The molecule has 0 saturated carbocycles. The molecule has 0 aliphatic rings. The van der Waals surface area contributed by atoms with Crippen molar-refractivity contribution >= 4 is 28.9 Å². The van der Waals surface area contributed by atoms with Gasteiger partial charge in [0.05, 0.1) is 11.2 Å². The molecule has 2 heterocycles. The predicted molar refractivity (Wildman–Crippen MR) is 79.3 cm³/mol. The Morgan fingerprint density at radius 1 is 0.895 bits per heavy atom. The van der Waals surface area contributed by atoms with Crippen molar-refractivity contribution in [3.8, 4) is 0 Å². The van der Waals surface area contributed by atoms with Gasteiger partial charge in [-0.05, 0) is 42.0 Å².